The Morgan fingerprint density at radius 3 is 2.31 bits per heavy atom. The monoisotopic (exact) mass is 473 g/mol. The van der Waals surface area contributed by atoms with Crippen molar-refractivity contribution in [3.8, 4) is 22.8 Å². The topological polar surface area (TPSA) is 68.0 Å². The van der Waals surface area contributed by atoms with Crippen LogP contribution in [0.1, 0.15) is 21.5 Å². The number of carbonyl (C=O) groups is 1. The molecule has 182 valence electrons. The third kappa shape index (κ3) is 5.30. The van der Waals surface area contributed by atoms with Gasteiger partial charge in [0.05, 0.1) is 31.7 Å². The Labute approximate surface area is 205 Å². The van der Waals surface area contributed by atoms with Gasteiger partial charge in [0.2, 0.25) is 0 Å². The van der Waals surface area contributed by atoms with Gasteiger partial charge in [0, 0.05) is 30.6 Å². The molecule has 1 amide bonds. The van der Waals surface area contributed by atoms with Crippen LogP contribution >= 0.6 is 0 Å². The molecule has 2 aromatic carbocycles. The van der Waals surface area contributed by atoms with Crippen molar-refractivity contribution in [3.63, 3.8) is 0 Å². The zero-order valence-electron chi connectivity index (χ0n) is 20.9. The number of hydrogen-bond acceptors (Lipinski definition) is 6. The second kappa shape index (κ2) is 10.6. The Balaban J connectivity index is 1.87. The summed E-state index contributed by atoms with van der Waals surface area (Å²) in [6.45, 7) is 3.71. The lowest BCUT2D eigenvalue weighted by molar-refractivity contribution is 0.0731. The fraction of sp³-hybridized carbons (Fsp3) is 0.286. The summed E-state index contributed by atoms with van der Waals surface area (Å²) in [5.41, 5.74) is 5.10. The van der Waals surface area contributed by atoms with Crippen LogP contribution in [0.4, 0.5) is 0 Å². The molecular formula is C28H31N3O4. The highest BCUT2D eigenvalue weighted by Gasteiger charge is 2.22. The van der Waals surface area contributed by atoms with Gasteiger partial charge in [-0.15, -0.1) is 0 Å². The maximum atomic E-state index is 13.4. The van der Waals surface area contributed by atoms with Gasteiger partial charge in [-0.05, 0) is 50.8 Å². The van der Waals surface area contributed by atoms with Gasteiger partial charge in [0.1, 0.15) is 23.3 Å². The van der Waals surface area contributed by atoms with E-state index in [0.29, 0.717) is 35.7 Å². The van der Waals surface area contributed by atoms with Crippen LogP contribution in [-0.4, -0.2) is 62.1 Å². The number of aromatic nitrogens is 1. The summed E-state index contributed by atoms with van der Waals surface area (Å²) in [7, 11) is 7.26. The quantitative estimate of drug-likeness (QED) is 0.340. The molecule has 0 fully saturated rings. The second-order valence-electron chi connectivity index (χ2n) is 8.77. The lowest BCUT2D eigenvalue weighted by atomic mass is 10.0. The van der Waals surface area contributed by atoms with Crippen LogP contribution < -0.4 is 9.47 Å². The highest BCUT2D eigenvalue weighted by molar-refractivity contribution is 5.95. The van der Waals surface area contributed by atoms with E-state index in [9.17, 15) is 4.79 Å². The second-order valence-corrected chi connectivity index (χ2v) is 8.77. The first-order valence-corrected chi connectivity index (χ1v) is 11.5. The molecule has 0 unspecified atom stereocenters. The Morgan fingerprint density at radius 1 is 0.971 bits per heavy atom. The third-order valence-corrected chi connectivity index (χ3v) is 5.98. The molecule has 2 aromatic heterocycles. The van der Waals surface area contributed by atoms with E-state index in [1.807, 2.05) is 31.1 Å². The van der Waals surface area contributed by atoms with E-state index >= 15 is 0 Å². The Hall–Kier alpha value is -3.84. The molecule has 0 aliphatic heterocycles. The number of benzene rings is 2. The number of methoxy groups -OCH3 is 2. The molecule has 7 heteroatoms. The van der Waals surface area contributed by atoms with E-state index < -0.39 is 0 Å². The van der Waals surface area contributed by atoms with Crippen LogP contribution in [0.15, 0.2) is 65.5 Å². The first-order chi connectivity index (χ1) is 16.9. The molecule has 4 rings (SSSR count). The summed E-state index contributed by atoms with van der Waals surface area (Å²) >= 11 is 0. The third-order valence-electron chi connectivity index (χ3n) is 5.98. The predicted molar refractivity (Wildman–Crippen MR) is 137 cm³/mol. The van der Waals surface area contributed by atoms with Crippen molar-refractivity contribution in [1.82, 2.24) is 14.8 Å². The molecule has 0 saturated heterocycles. The first kappa shape index (κ1) is 24.3. The summed E-state index contributed by atoms with van der Waals surface area (Å²) in [5, 5.41) is 0.834. The van der Waals surface area contributed by atoms with Gasteiger partial charge in [0.15, 0.2) is 0 Å². The fourth-order valence-corrected chi connectivity index (χ4v) is 4.02. The van der Waals surface area contributed by atoms with E-state index in [2.05, 4.69) is 42.2 Å². The number of pyridine rings is 1. The molecule has 0 atom stereocenters. The van der Waals surface area contributed by atoms with Gasteiger partial charge in [0.25, 0.3) is 5.91 Å². The number of likely N-dealkylation sites (N-methyl/N-ethyl adjacent to an activating group) is 1. The Kier molecular flexibility index (Phi) is 7.36. The number of ether oxygens (including phenoxy) is 2. The molecular weight excluding hydrogens is 442 g/mol. The molecule has 0 N–H and O–H groups in total. The maximum absolute atomic E-state index is 13.4. The summed E-state index contributed by atoms with van der Waals surface area (Å²) in [4.78, 5) is 22.3. The minimum atomic E-state index is -0.0897. The molecule has 0 aliphatic carbocycles. The fourth-order valence-electron chi connectivity index (χ4n) is 4.02. The minimum absolute atomic E-state index is 0.0897. The minimum Gasteiger partial charge on any atom is -0.496 e. The normalized spacial score (nSPS) is 11.1. The van der Waals surface area contributed by atoms with E-state index in [4.69, 9.17) is 18.9 Å². The molecule has 0 spiro atoms. The van der Waals surface area contributed by atoms with Gasteiger partial charge in [-0.1, -0.05) is 29.8 Å². The number of rotatable bonds is 9. The maximum Gasteiger partial charge on any atom is 0.257 e. The van der Waals surface area contributed by atoms with E-state index in [1.54, 1.807) is 20.3 Å². The number of furan rings is 1. The van der Waals surface area contributed by atoms with Crippen molar-refractivity contribution in [3.05, 3.63) is 77.7 Å². The van der Waals surface area contributed by atoms with Crippen LogP contribution in [0.2, 0.25) is 0 Å². The lowest BCUT2D eigenvalue weighted by Gasteiger charge is -2.25. The largest absolute Gasteiger partial charge is 0.496 e. The summed E-state index contributed by atoms with van der Waals surface area (Å²) in [6, 6.07) is 15.7. The lowest BCUT2D eigenvalue weighted by Crippen LogP contribution is -2.36. The van der Waals surface area contributed by atoms with Gasteiger partial charge >= 0.3 is 0 Å². The van der Waals surface area contributed by atoms with E-state index in [-0.39, 0.29) is 5.91 Å². The van der Waals surface area contributed by atoms with Crippen molar-refractivity contribution >= 4 is 16.8 Å². The summed E-state index contributed by atoms with van der Waals surface area (Å²) in [5.74, 6) is 1.28. The number of amides is 1. The number of fused-ring (bicyclic) bond motifs is 1. The average molecular weight is 474 g/mol. The van der Waals surface area contributed by atoms with Crippen molar-refractivity contribution in [2.45, 2.75) is 13.5 Å². The Morgan fingerprint density at radius 2 is 1.69 bits per heavy atom. The molecule has 0 saturated carbocycles. The van der Waals surface area contributed by atoms with E-state index in [0.717, 1.165) is 34.3 Å². The van der Waals surface area contributed by atoms with Crippen LogP contribution in [0.5, 0.6) is 11.5 Å². The number of hydrogen-bond donors (Lipinski definition) is 0. The van der Waals surface area contributed by atoms with Gasteiger partial charge in [-0.3, -0.25) is 4.79 Å². The highest BCUT2D eigenvalue weighted by Crippen LogP contribution is 2.36. The zero-order valence-corrected chi connectivity index (χ0v) is 20.9. The molecule has 2 heterocycles. The Bertz CT molecular complexity index is 1300. The highest BCUT2D eigenvalue weighted by atomic mass is 16.5. The molecule has 4 aromatic rings. The summed E-state index contributed by atoms with van der Waals surface area (Å²) < 4.78 is 16.4. The molecule has 35 heavy (non-hydrogen) atoms. The number of nitrogens with zero attached hydrogens (tertiary/aromatic N) is 3. The standard InChI is InChI=1S/C28H31N3O4/c1-19-6-8-20(9-7-19)26-22(16-23-24(33-4)10-11-25(34-5)27(23)29-26)17-31(14-13-30(2)3)28(32)21-12-15-35-18-21/h6-12,15-16,18H,13-14,17H2,1-5H3. The van der Waals surface area contributed by atoms with Gasteiger partial charge < -0.3 is 23.7 Å². The summed E-state index contributed by atoms with van der Waals surface area (Å²) in [6.07, 6.45) is 3.00. The molecule has 7 nitrogen and oxygen atoms in total. The predicted octanol–water partition coefficient (Wildman–Crippen LogP) is 5.02. The van der Waals surface area contributed by atoms with Crippen molar-refractivity contribution in [2.24, 2.45) is 0 Å². The van der Waals surface area contributed by atoms with Gasteiger partial charge in [-0.2, -0.15) is 0 Å². The van der Waals surface area contributed by atoms with Gasteiger partial charge in [-0.25, -0.2) is 4.98 Å². The molecule has 0 radical (unpaired) electrons. The number of aryl methyl sites for hydroxylation is 1. The van der Waals surface area contributed by atoms with Crippen LogP contribution in [0, 0.1) is 6.92 Å². The molecule has 0 aliphatic rings. The first-order valence-electron chi connectivity index (χ1n) is 11.5. The van der Waals surface area contributed by atoms with Crippen molar-refractivity contribution in [2.75, 3.05) is 41.4 Å². The van der Waals surface area contributed by atoms with Crippen LogP contribution in [0.3, 0.4) is 0 Å². The number of carbonyl (C=O) groups excluding carboxylic acids is 1. The van der Waals surface area contributed by atoms with E-state index in [1.165, 1.54) is 12.5 Å². The van der Waals surface area contributed by atoms with Crippen molar-refractivity contribution in [1.29, 1.82) is 0 Å². The SMILES string of the molecule is COc1ccc(OC)c2nc(-c3ccc(C)cc3)c(CN(CCN(C)C)C(=O)c3ccoc3)cc12. The van der Waals surface area contributed by atoms with Crippen LogP contribution in [0.25, 0.3) is 22.2 Å². The smallest absolute Gasteiger partial charge is 0.257 e. The zero-order chi connectivity index (χ0) is 24.9. The molecule has 0 bridgehead atoms. The van der Waals surface area contributed by atoms with Crippen molar-refractivity contribution < 1.29 is 18.7 Å². The van der Waals surface area contributed by atoms with Crippen LogP contribution in [-0.2, 0) is 6.54 Å². The average Bonchev–Trinajstić information content (AvgIpc) is 3.40.